The summed E-state index contributed by atoms with van der Waals surface area (Å²) in [5, 5.41) is 12.6. The molecule has 0 aliphatic carbocycles. The molecule has 0 aromatic heterocycles. The number of aromatic hydroxyl groups is 1. The van der Waals surface area contributed by atoms with Crippen molar-refractivity contribution >= 4 is 37.3 Å². The summed E-state index contributed by atoms with van der Waals surface area (Å²) in [5.41, 5.74) is 2.41. The summed E-state index contributed by atoms with van der Waals surface area (Å²) >= 11 is 3.27. The molecular weight excluding hydrogens is 356 g/mol. The molecule has 0 fully saturated rings. The maximum Gasteiger partial charge on any atom is 0.229 e. The van der Waals surface area contributed by atoms with E-state index in [9.17, 15) is 13.5 Å². The zero-order valence-corrected chi connectivity index (χ0v) is 13.7. The maximum absolute atomic E-state index is 11.1. The van der Waals surface area contributed by atoms with E-state index >= 15 is 0 Å². The third kappa shape index (κ3) is 4.95. The van der Waals surface area contributed by atoms with Crippen LogP contribution in [0.1, 0.15) is 5.56 Å². The fourth-order valence-corrected chi connectivity index (χ4v) is 2.73. The minimum atomic E-state index is -3.25. The van der Waals surface area contributed by atoms with Crippen molar-refractivity contribution in [2.24, 2.45) is 0 Å². The minimum Gasteiger partial charge on any atom is -0.507 e. The fourth-order valence-electron chi connectivity index (χ4n) is 1.73. The largest absolute Gasteiger partial charge is 0.507 e. The molecule has 0 bridgehead atoms. The number of halogens is 1. The first-order chi connectivity index (χ1) is 9.83. The van der Waals surface area contributed by atoms with Crippen LogP contribution >= 0.6 is 15.9 Å². The zero-order valence-electron chi connectivity index (χ0n) is 11.3. The van der Waals surface area contributed by atoms with Gasteiger partial charge in [-0.3, -0.25) is 4.72 Å². The number of benzene rings is 2. The van der Waals surface area contributed by atoms with E-state index < -0.39 is 10.0 Å². The van der Waals surface area contributed by atoms with Crippen LogP contribution < -0.4 is 10.0 Å². The van der Waals surface area contributed by atoms with Crippen molar-refractivity contribution in [3.05, 3.63) is 52.5 Å². The van der Waals surface area contributed by atoms with Crippen LogP contribution in [0.5, 0.6) is 5.75 Å². The van der Waals surface area contributed by atoms with Gasteiger partial charge in [-0.15, -0.1) is 0 Å². The number of phenols is 1. The molecule has 3 N–H and O–H groups in total. The van der Waals surface area contributed by atoms with Crippen molar-refractivity contribution in [1.29, 1.82) is 0 Å². The average molecular weight is 371 g/mol. The lowest BCUT2D eigenvalue weighted by Crippen LogP contribution is -2.09. The maximum atomic E-state index is 11.1. The van der Waals surface area contributed by atoms with E-state index in [0.29, 0.717) is 16.7 Å². The third-order valence-corrected chi connectivity index (χ3v) is 3.94. The molecule has 0 heterocycles. The van der Waals surface area contributed by atoms with Gasteiger partial charge in [0.25, 0.3) is 0 Å². The summed E-state index contributed by atoms with van der Waals surface area (Å²) < 4.78 is 25.3. The molecule has 0 radical (unpaired) electrons. The van der Waals surface area contributed by atoms with Gasteiger partial charge in [0, 0.05) is 17.9 Å². The highest BCUT2D eigenvalue weighted by molar-refractivity contribution is 9.10. The quantitative estimate of drug-likeness (QED) is 0.755. The van der Waals surface area contributed by atoms with Crippen molar-refractivity contribution in [3.8, 4) is 5.75 Å². The molecular formula is C14H15BrN2O3S. The Morgan fingerprint density at radius 3 is 2.29 bits per heavy atom. The van der Waals surface area contributed by atoms with Gasteiger partial charge in [-0.05, 0) is 57.9 Å². The Labute approximate surface area is 132 Å². The van der Waals surface area contributed by atoms with E-state index in [1.807, 2.05) is 12.1 Å². The average Bonchev–Trinajstić information content (AvgIpc) is 2.40. The van der Waals surface area contributed by atoms with Crippen LogP contribution in [-0.2, 0) is 16.6 Å². The molecule has 0 spiro atoms. The van der Waals surface area contributed by atoms with Crippen molar-refractivity contribution in [2.45, 2.75) is 6.54 Å². The van der Waals surface area contributed by atoms with Gasteiger partial charge in [-0.2, -0.15) is 0 Å². The third-order valence-electron chi connectivity index (χ3n) is 2.70. The minimum absolute atomic E-state index is 0.204. The molecule has 0 saturated heterocycles. The highest BCUT2D eigenvalue weighted by Crippen LogP contribution is 2.24. The summed E-state index contributed by atoms with van der Waals surface area (Å²) in [6, 6.07) is 12.3. The monoisotopic (exact) mass is 370 g/mol. The number of nitrogens with one attached hydrogen (secondary N) is 2. The number of rotatable bonds is 5. The van der Waals surface area contributed by atoms with Gasteiger partial charge in [0.2, 0.25) is 10.0 Å². The predicted molar refractivity (Wildman–Crippen MR) is 88.0 cm³/mol. The first kappa shape index (κ1) is 15.7. The van der Waals surface area contributed by atoms with Gasteiger partial charge in [0.1, 0.15) is 5.75 Å². The van der Waals surface area contributed by atoms with Gasteiger partial charge in [-0.25, -0.2) is 8.42 Å². The molecule has 0 aliphatic heterocycles. The van der Waals surface area contributed by atoms with E-state index in [1.54, 1.807) is 30.3 Å². The molecule has 0 unspecified atom stereocenters. The van der Waals surface area contributed by atoms with E-state index in [2.05, 4.69) is 26.0 Å². The standard InChI is InChI=1S/C14H15BrN2O3S/c1-21(19,20)17-12-5-3-11(4-6-12)16-9-10-2-7-14(18)13(15)8-10/h2-8,16-18H,9H2,1H3. The molecule has 0 amide bonds. The second kappa shape index (κ2) is 6.36. The summed E-state index contributed by atoms with van der Waals surface area (Å²) in [6.07, 6.45) is 1.11. The Hall–Kier alpha value is -1.73. The van der Waals surface area contributed by atoms with Gasteiger partial charge in [0.05, 0.1) is 10.7 Å². The van der Waals surface area contributed by atoms with E-state index in [4.69, 9.17) is 0 Å². The molecule has 2 rings (SSSR count). The topological polar surface area (TPSA) is 78.4 Å². The lowest BCUT2D eigenvalue weighted by molar-refractivity contribution is 0.471. The number of sulfonamides is 1. The first-order valence-electron chi connectivity index (χ1n) is 6.12. The highest BCUT2D eigenvalue weighted by Gasteiger charge is 2.02. The Balaban J connectivity index is 1.99. The normalized spacial score (nSPS) is 11.1. The summed E-state index contributed by atoms with van der Waals surface area (Å²) in [7, 11) is -3.25. The Morgan fingerprint density at radius 1 is 1.10 bits per heavy atom. The van der Waals surface area contributed by atoms with Gasteiger partial charge in [-0.1, -0.05) is 6.07 Å². The van der Waals surface area contributed by atoms with Gasteiger partial charge >= 0.3 is 0 Å². The first-order valence-corrected chi connectivity index (χ1v) is 8.81. The molecule has 112 valence electrons. The summed E-state index contributed by atoms with van der Waals surface area (Å²) in [6.45, 7) is 0.595. The van der Waals surface area contributed by atoms with Crippen LogP contribution in [0.15, 0.2) is 46.9 Å². The molecule has 0 saturated carbocycles. The highest BCUT2D eigenvalue weighted by atomic mass is 79.9. The number of phenolic OH excluding ortho intramolecular Hbond substituents is 1. The van der Waals surface area contributed by atoms with Crippen molar-refractivity contribution in [2.75, 3.05) is 16.3 Å². The number of anilines is 2. The number of hydrogen-bond acceptors (Lipinski definition) is 4. The van der Waals surface area contributed by atoms with Crippen LogP contribution in [-0.4, -0.2) is 19.8 Å². The van der Waals surface area contributed by atoms with Gasteiger partial charge < -0.3 is 10.4 Å². The second-order valence-corrected chi connectivity index (χ2v) is 7.19. The fraction of sp³-hybridized carbons (Fsp3) is 0.143. The Kier molecular flexibility index (Phi) is 4.74. The molecule has 0 atom stereocenters. The van der Waals surface area contributed by atoms with Crippen LogP contribution in [0, 0.1) is 0 Å². The lowest BCUT2D eigenvalue weighted by Gasteiger charge is -2.09. The van der Waals surface area contributed by atoms with Crippen molar-refractivity contribution in [3.63, 3.8) is 0 Å². The second-order valence-electron chi connectivity index (χ2n) is 4.59. The zero-order chi connectivity index (χ0) is 15.5. The number of hydrogen-bond donors (Lipinski definition) is 3. The van der Waals surface area contributed by atoms with Crippen LogP contribution in [0.2, 0.25) is 0 Å². The van der Waals surface area contributed by atoms with Gasteiger partial charge in [0.15, 0.2) is 0 Å². The molecule has 5 nitrogen and oxygen atoms in total. The Morgan fingerprint density at radius 2 is 1.71 bits per heavy atom. The SMILES string of the molecule is CS(=O)(=O)Nc1ccc(NCc2ccc(O)c(Br)c2)cc1. The van der Waals surface area contributed by atoms with E-state index in [1.165, 1.54) is 0 Å². The molecule has 2 aromatic rings. The van der Waals surface area contributed by atoms with Crippen molar-refractivity contribution < 1.29 is 13.5 Å². The van der Waals surface area contributed by atoms with Crippen LogP contribution in [0.25, 0.3) is 0 Å². The van der Waals surface area contributed by atoms with E-state index in [0.717, 1.165) is 17.5 Å². The molecule has 0 aliphatic rings. The lowest BCUT2D eigenvalue weighted by atomic mass is 10.2. The van der Waals surface area contributed by atoms with Crippen LogP contribution in [0.3, 0.4) is 0 Å². The van der Waals surface area contributed by atoms with Crippen molar-refractivity contribution in [1.82, 2.24) is 0 Å². The summed E-state index contributed by atoms with van der Waals surface area (Å²) in [5.74, 6) is 0.204. The van der Waals surface area contributed by atoms with Crippen LogP contribution in [0.4, 0.5) is 11.4 Å². The smallest absolute Gasteiger partial charge is 0.229 e. The Bertz CT molecular complexity index is 730. The predicted octanol–water partition coefficient (Wildman–Crippen LogP) is 3.14. The van der Waals surface area contributed by atoms with E-state index in [-0.39, 0.29) is 5.75 Å². The molecule has 21 heavy (non-hydrogen) atoms. The molecule has 2 aromatic carbocycles. The molecule has 7 heteroatoms. The summed E-state index contributed by atoms with van der Waals surface area (Å²) in [4.78, 5) is 0.